The summed E-state index contributed by atoms with van der Waals surface area (Å²) in [5, 5.41) is 2.78. The van der Waals surface area contributed by atoms with Crippen LogP contribution in [0.4, 0.5) is 5.82 Å². The number of carbonyl (C=O) groups excluding carboxylic acids is 1. The molecule has 2 aromatic heterocycles. The molecule has 2 aromatic rings. The smallest absolute Gasteiger partial charge is 0.260 e. The Morgan fingerprint density at radius 3 is 3.00 bits per heavy atom. The van der Waals surface area contributed by atoms with Crippen LogP contribution in [0, 0.1) is 6.92 Å². The first-order valence-electron chi connectivity index (χ1n) is 5.61. The van der Waals surface area contributed by atoms with Gasteiger partial charge in [0.1, 0.15) is 11.6 Å². The van der Waals surface area contributed by atoms with Gasteiger partial charge in [0.2, 0.25) is 0 Å². The van der Waals surface area contributed by atoms with Crippen LogP contribution in [0.25, 0.3) is 0 Å². The van der Waals surface area contributed by atoms with Gasteiger partial charge in [-0.1, -0.05) is 6.92 Å². The highest BCUT2D eigenvalue weighted by atomic mass is 79.9. The lowest BCUT2D eigenvalue weighted by Gasteiger charge is -2.07. The van der Waals surface area contributed by atoms with Crippen molar-refractivity contribution >= 4 is 27.7 Å². The molecule has 0 aliphatic heterocycles. The van der Waals surface area contributed by atoms with E-state index in [9.17, 15) is 4.79 Å². The molecular weight excluding hydrogens is 296 g/mol. The number of aryl methyl sites for hydroxylation is 2. The number of rotatable bonds is 3. The monoisotopic (exact) mass is 308 g/mol. The summed E-state index contributed by atoms with van der Waals surface area (Å²) < 4.78 is 6.12. The number of anilines is 1. The second kappa shape index (κ2) is 5.35. The first kappa shape index (κ1) is 12.8. The highest BCUT2D eigenvalue weighted by Gasteiger charge is 2.14. The molecule has 4 nitrogen and oxygen atoms in total. The van der Waals surface area contributed by atoms with Crippen LogP contribution >= 0.6 is 15.9 Å². The number of nitrogens with one attached hydrogen (secondary N) is 1. The number of halogens is 1. The molecule has 2 rings (SSSR count). The van der Waals surface area contributed by atoms with E-state index in [1.165, 1.54) is 6.26 Å². The van der Waals surface area contributed by atoms with Gasteiger partial charge in [0.25, 0.3) is 5.91 Å². The van der Waals surface area contributed by atoms with E-state index in [1.54, 1.807) is 12.3 Å². The molecule has 0 saturated carbocycles. The van der Waals surface area contributed by atoms with E-state index in [0.29, 0.717) is 23.6 Å². The molecule has 0 fully saturated rings. The lowest BCUT2D eigenvalue weighted by molar-refractivity contribution is 0.102. The van der Waals surface area contributed by atoms with E-state index >= 15 is 0 Å². The van der Waals surface area contributed by atoms with Crippen molar-refractivity contribution in [2.75, 3.05) is 5.32 Å². The topological polar surface area (TPSA) is 55.1 Å². The Bertz CT molecular complexity index is 578. The number of amides is 1. The Hall–Kier alpha value is -1.62. The van der Waals surface area contributed by atoms with Crippen molar-refractivity contribution in [1.29, 1.82) is 0 Å². The first-order chi connectivity index (χ1) is 8.61. The van der Waals surface area contributed by atoms with Crippen molar-refractivity contribution in [2.45, 2.75) is 20.3 Å². The van der Waals surface area contributed by atoms with E-state index in [4.69, 9.17) is 4.42 Å². The van der Waals surface area contributed by atoms with E-state index in [-0.39, 0.29) is 5.91 Å². The van der Waals surface area contributed by atoms with Crippen LogP contribution in [-0.4, -0.2) is 10.9 Å². The van der Waals surface area contributed by atoms with Crippen molar-refractivity contribution in [3.05, 3.63) is 46.0 Å². The molecule has 0 unspecified atom stereocenters. The Morgan fingerprint density at radius 1 is 1.56 bits per heavy atom. The van der Waals surface area contributed by atoms with E-state index < -0.39 is 0 Å². The zero-order chi connectivity index (χ0) is 13.1. The summed E-state index contributed by atoms with van der Waals surface area (Å²) in [5.74, 6) is 1.05. The predicted octanol–water partition coefficient (Wildman–Crippen LogP) is 3.56. The van der Waals surface area contributed by atoms with Gasteiger partial charge in [-0.3, -0.25) is 4.79 Å². The van der Waals surface area contributed by atoms with Crippen molar-refractivity contribution in [3.63, 3.8) is 0 Å². The molecule has 2 heterocycles. The fourth-order valence-corrected chi connectivity index (χ4v) is 2.11. The SMILES string of the molecule is CCc1occc1C(=O)Nc1ncc(Br)cc1C. The summed E-state index contributed by atoms with van der Waals surface area (Å²) in [5.41, 5.74) is 1.46. The average Bonchev–Trinajstić information content (AvgIpc) is 2.81. The fourth-order valence-electron chi connectivity index (χ4n) is 1.66. The van der Waals surface area contributed by atoms with Gasteiger partial charge in [-0.15, -0.1) is 0 Å². The first-order valence-corrected chi connectivity index (χ1v) is 6.41. The van der Waals surface area contributed by atoms with Crippen LogP contribution in [0.5, 0.6) is 0 Å². The molecule has 0 bridgehead atoms. The molecule has 0 saturated heterocycles. The van der Waals surface area contributed by atoms with Crippen LogP contribution in [0.3, 0.4) is 0 Å². The summed E-state index contributed by atoms with van der Waals surface area (Å²) in [7, 11) is 0. The minimum absolute atomic E-state index is 0.196. The Labute approximate surface area is 114 Å². The highest BCUT2D eigenvalue weighted by Crippen LogP contribution is 2.19. The van der Waals surface area contributed by atoms with Crippen molar-refractivity contribution < 1.29 is 9.21 Å². The van der Waals surface area contributed by atoms with Crippen molar-refractivity contribution in [3.8, 4) is 0 Å². The Balaban J connectivity index is 2.21. The number of hydrogen-bond donors (Lipinski definition) is 1. The summed E-state index contributed by atoms with van der Waals surface area (Å²) in [6.45, 7) is 3.84. The molecule has 0 aromatic carbocycles. The maximum atomic E-state index is 12.1. The maximum absolute atomic E-state index is 12.1. The zero-order valence-electron chi connectivity index (χ0n) is 10.2. The lowest BCUT2D eigenvalue weighted by Crippen LogP contribution is -2.14. The normalized spacial score (nSPS) is 10.4. The van der Waals surface area contributed by atoms with E-state index in [2.05, 4.69) is 26.2 Å². The van der Waals surface area contributed by atoms with Gasteiger partial charge in [0.05, 0.1) is 11.8 Å². The molecule has 1 amide bonds. The summed E-state index contributed by atoms with van der Waals surface area (Å²) >= 11 is 3.33. The quantitative estimate of drug-likeness (QED) is 0.943. The third-order valence-electron chi connectivity index (χ3n) is 2.59. The molecule has 0 aliphatic rings. The molecular formula is C13H13BrN2O2. The third kappa shape index (κ3) is 2.61. The summed E-state index contributed by atoms with van der Waals surface area (Å²) in [6, 6.07) is 3.57. The van der Waals surface area contributed by atoms with Crippen molar-refractivity contribution in [1.82, 2.24) is 4.98 Å². The molecule has 0 atom stereocenters. The summed E-state index contributed by atoms with van der Waals surface area (Å²) in [4.78, 5) is 16.2. The van der Waals surface area contributed by atoms with Crippen LogP contribution in [0.2, 0.25) is 0 Å². The van der Waals surface area contributed by atoms with Crippen LogP contribution < -0.4 is 5.32 Å². The van der Waals surface area contributed by atoms with Gasteiger partial charge in [-0.25, -0.2) is 4.98 Å². The second-order valence-corrected chi connectivity index (χ2v) is 4.80. The fraction of sp³-hybridized carbons (Fsp3) is 0.231. The lowest BCUT2D eigenvalue weighted by atomic mass is 10.2. The highest BCUT2D eigenvalue weighted by molar-refractivity contribution is 9.10. The van der Waals surface area contributed by atoms with Gasteiger partial charge in [-0.2, -0.15) is 0 Å². The molecule has 0 spiro atoms. The largest absolute Gasteiger partial charge is 0.469 e. The minimum atomic E-state index is -0.196. The number of aromatic nitrogens is 1. The summed E-state index contributed by atoms with van der Waals surface area (Å²) in [6.07, 6.45) is 3.86. The average molecular weight is 309 g/mol. The van der Waals surface area contributed by atoms with Gasteiger partial charge >= 0.3 is 0 Å². The zero-order valence-corrected chi connectivity index (χ0v) is 11.7. The minimum Gasteiger partial charge on any atom is -0.469 e. The van der Waals surface area contributed by atoms with Gasteiger partial charge < -0.3 is 9.73 Å². The number of hydrogen-bond acceptors (Lipinski definition) is 3. The Morgan fingerprint density at radius 2 is 2.33 bits per heavy atom. The predicted molar refractivity (Wildman–Crippen MR) is 72.7 cm³/mol. The van der Waals surface area contributed by atoms with Gasteiger partial charge in [-0.05, 0) is 40.5 Å². The molecule has 5 heteroatoms. The van der Waals surface area contributed by atoms with E-state index in [0.717, 1.165) is 10.0 Å². The standard InChI is InChI=1S/C13H13BrN2O2/c1-3-11-10(4-5-18-11)13(17)16-12-8(2)6-9(14)7-15-12/h4-7H,3H2,1-2H3,(H,15,16,17). The van der Waals surface area contributed by atoms with Gasteiger partial charge in [0, 0.05) is 17.1 Å². The van der Waals surface area contributed by atoms with Crippen LogP contribution in [-0.2, 0) is 6.42 Å². The number of pyridine rings is 1. The second-order valence-electron chi connectivity index (χ2n) is 3.88. The van der Waals surface area contributed by atoms with Crippen molar-refractivity contribution in [2.24, 2.45) is 0 Å². The van der Waals surface area contributed by atoms with Gasteiger partial charge in [0.15, 0.2) is 0 Å². The molecule has 1 N–H and O–H groups in total. The molecule has 18 heavy (non-hydrogen) atoms. The number of furan rings is 1. The number of carbonyl (C=O) groups is 1. The molecule has 94 valence electrons. The maximum Gasteiger partial charge on any atom is 0.260 e. The van der Waals surface area contributed by atoms with Crippen LogP contribution in [0.15, 0.2) is 33.5 Å². The molecule has 0 aliphatic carbocycles. The number of nitrogens with zero attached hydrogens (tertiary/aromatic N) is 1. The third-order valence-corrected chi connectivity index (χ3v) is 3.02. The van der Waals surface area contributed by atoms with E-state index in [1.807, 2.05) is 19.9 Å². The Kier molecular flexibility index (Phi) is 3.81. The molecule has 0 radical (unpaired) electrons. The van der Waals surface area contributed by atoms with Crippen LogP contribution in [0.1, 0.15) is 28.6 Å².